The number of hydrogen-bond acceptors (Lipinski definition) is 6. The van der Waals surface area contributed by atoms with Gasteiger partial charge >= 0.3 is 17.9 Å². The van der Waals surface area contributed by atoms with Crippen molar-refractivity contribution in [1.29, 1.82) is 0 Å². The summed E-state index contributed by atoms with van der Waals surface area (Å²) >= 11 is 0. The van der Waals surface area contributed by atoms with Crippen molar-refractivity contribution in [2.75, 3.05) is 13.2 Å². The van der Waals surface area contributed by atoms with Crippen molar-refractivity contribution in [3.05, 3.63) is 0 Å². The maximum absolute atomic E-state index is 12.9. The molecule has 66 heavy (non-hydrogen) atoms. The summed E-state index contributed by atoms with van der Waals surface area (Å²) in [6, 6.07) is 0. The minimum atomic E-state index is -0.763. The van der Waals surface area contributed by atoms with Crippen LogP contribution in [-0.2, 0) is 28.6 Å². The molecule has 0 heterocycles. The van der Waals surface area contributed by atoms with Crippen molar-refractivity contribution in [2.24, 2.45) is 11.8 Å². The van der Waals surface area contributed by atoms with Gasteiger partial charge in [-0.15, -0.1) is 0 Å². The smallest absolute Gasteiger partial charge is 0.306 e. The predicted octanol–water partition coefficient (Wildman–Crippen LogP) is 19.7. The molecule has 0 spiro atoms. The fraction of sp³-hybridized carbons (Fsp3) is 0.950. The van der Waals surface area contributed by atoms with Gasteiger partial charge in [0.2, 0.25) is 0 Å². The monoisotopic (exact) mass is 933 g/mol. The summed E-state index contributed by atoms with van der Waals surface area (Å²) in [5.74, 6) is 0.835. The molecule has 0 radical (unpaired) electrons. The van der Waals surface area contributed by atoms with Gasteiger partial charge in [-0.3, -0.25) is 14.4 Å². The number of unbranched alkanes of at least 4 members (excludes halogenated alkanes) is 39. The average molecular weight is 934 g/mol. The molecule has 6 nitrogen and oxygen atoms in total. The van der Waals surface area contributed by atoms with Gasteiger partial charge in [-0.25, -0.2) is 0 Å². The van der Waals surface area contributed by atoms with Gasteiger partial charge in [0, 0.05) is 19.3 Å². The molecule has 1 atom stereocenters. The van der Waals surface area contributed by atoms with E-state index in [2.05, 4.69) is 34.6 Å². The number of carbonyl (C=O) groups is 3. The Bertz CT molecular complexity index is 1010. The maximum Gasteiger partial charge on any atom is 0.306 e. The summed E-state index contributed by atoms with van der Waals surface area (Å²) in [5, 5.41) is 0. The van der Waals surface area contributed by atoms with Crippen LogP contribution in [0.4, 0.5) is 0 Å². The molecule has 0 aliphatic heterocycles. The van der Waals surface area contributed by atoms with Gasteiger partial charge in [0.25, 0.3) is 0 Å². The summed E-state index contributed by atoms with van der Waals surface area (Å²) in [4.78, 5) is 38.2. The molecule has 6 heteroatoms. The molecule has 0 aliphatic rings. The average Bonchev–Trinajstić information content (AvgIpc) is 3.29. The maximum atomic E-state index is 12.9. The molecule has 0 aliphatic carbocycles. The molecule has 0 saturated carbocycles. The van der Waals surface area contributed by atoms with E-state index < -0.39 is 6.10 Å². The predicted molar refractivity (Wildman–Crippen MR) is 284 cm³/mol. The Hall–Kier alpha value is -1.59. The van der Waals surface area contributed by atoms with Crippen LogP contribution in [0.2, 0.25) is 0 Å². The van der Waals surface area contributed by atoms with Crippen molar-refractivity contribution in [2.45, 2.75) is 343 Å². The second-order valence-electron chi connectivity index (χ2n) is 21.6. The van der Waals surface area contributed by atoms with Crippen LogP contribution in [0.5, 0.6) is 0 Å². The van der Waals surface area contributed by atoms with Gasteiger partial charge in [0.15, 0.2) is 6.10 Å². The first-order valence-electron chi connectivity index (χ1n) is 29.7. The molecule has 0 aromatic heterocycles. The first-order chi connectivity index (χ1) is 32.2. The van der Waals surface area contributed by atoms with E-state index in [1.165, 1.54) is 225 Å². The van der Waals surface area contributed by atoms with E-state index >= 15 is 0 Å². The Morgan fingerprint density at radius 1 is 0.288 bits per heavy atom. The molecule has 0 N–H and O–H groups in total. The van der Waals surface area contributed by atoms with Crippen LogP contribution in [0.3, 0.4) is 0 Å². The van der Waals surface area contributed by atoms with E-state index in [1.54, 1.807) is 0 Å². The highest BCUT2D eigenvalue weighted by molar-refractivity contribution is 5.71. The van der Waals surface area contributed by atoms with Gasteiger partial charge < -0.3 is 14.2 Å². The standard InChI is InChI=1S/C60H116O6/c1-6-7-8-9-10-11-12-13-14-15-16-19-25-30-35-40-45-50-58(61)64-53-57(54-65-59(62)51-46-41-36-31-26-22-21-24-29-34-39-44-49-56(4)5)66-60(63)52-47-42-37-32-27-20-17-18-23-28-33-38-43-48-55(2)3/h55-57H,6-54H2,1-5H3/t57-/m1/s1. The molecule has 0 aromatic carbocycles. The molecular formula is C60H116O6. The molecule has 0 unspecified atom stereocenters. The molecule has 0 amide bonds. The van der Waals surface area contributed by atoms with Crippen molar-refractivity contribution < 1.29 is 28.6 Å². The van der Waals surface area contributed by atoms with E-state index in [0.717, 1.165) is 69.6 Å². The largest absolute Gasteiger partial charge is 0.462 e. The second kappa shape index (κ2) is 52.8. The van der Waals surface area contributed by atoms with Gasteiger partial charge in [-0.05, 0) is 31.1 Å². The Kier molecular flexibility index (Phi) is 51.5. The summed E-state index contributed by atoms with van der Waals surface area (Å²) in [6.45, 7) is 11.4. The van der Waals surface area contributed by atoms with E-state index in [1.807, 2.05) is 0 Å². The topological polar surface area (TPSA) is 78.9 Å². The zero-order valence-corrected chi connectivity index (χ0v) is 45.3. The first-order valence-corrected chi connectivity index (χ1v) is 29.7. The number of rotatable bonds is 54. The van der Waals surface area contributed by atoms with Gasteiger partial charge in [0.05, 0.1) is 0 Å². The number of carbonyl (C=O) groups excluding carboxylic acids is 3. The third-order valence-corrected chi connectivity index (χ3v) is 13.7. The molecule has 0 aromatic rings. The van der Waals surface area contributed by atoms with E-state index in [4.69, 9.17) is 14.2 Å². The zero-order valence-electron chi connectivity index (χ0n) is 45.3. The number of hydrogen-bond donors (Lipinski definition) is 0. The molecule has 392 valence electrons. The number of ether oxygens (including phenoxy) is 3. The van der Waals surface area contributed by atoms with Gasteiger partial charge in [-0.2, -0.15) is 0 Å². The van der Waals surface area contributed by atoms with E-state index in [-0.39, 0.29) is 31.1 Å². The zero-order chi connectivity index (χ0) is 48.2. The number of esters is 3. The summed E-state index contributed by atoms with van der Waals surface area (Å²) in [7, 11) is 0. The summed E-state index contributed by atoms with van der Waals surface area (Å²) in [6.07, 6.45) is 56.6. The van der Waals surface area contributed by atoms with Crippen molar-refractivity contribution in [3.63, 3.8) is 0 Å². The third kappa shape index (κ3) is 53.4. The van der Waals surface area contributed by atoms with Crippen LogP contribution in [0.25, 0.3) is 0 Å². The van der Waals surface area contributed by atoms with Crippen molar-refractivity contribution >= 4 is 17.9 Å². The lowest BCUT2D eigenvalue weighted by Crippen LogP contribution is -2.30. The summed E-state index contributed by atoms with van der Waals surface area (Å²) in [5.41, 5.74) is 0. The summed E-state index contributed by atoms with van der Waals surface area (Å²) < 4.78 is 16.9. The molecular weight excluding hydrogens is 817 g/mol. The third-order valence-electron chi connectivity index (χ3n) is 13.7. The highest BCUT2D eigenvalue weighted by Crippen LogP contribution is 2.18. The van der Waals surface area contributed by atoms with E-state index in [0.29, 0.717) is 19.3 Å². The van der Waals surface area contributed by atoms with Crippen LogP contribution < -0.4 is 0 Å². The Balaban J connectivity index is 4.30. The van der Waals surface area contributed by atoms with Crippen LogP contribution >= 0.6 is 0 Å². The lowest BCUT2D eigenvalue weighted by molar-refractivity contribution is -0.167. The quantitative estimate of drug-likeness (QED) is 0.0343. The van der Waals surface area contributed by atoms with Crippen molar-refractivity contribution in [1.82, 2.24) is 0 Å². The fourth-order valence-electron chi connectivity index (χ4n) is 9.23. The Morgan fingerprint density at radius 2 is 0.500 bits per heavy atom. The molecule has 0 saturated heterocycles. The normalized spacial score (nSPS) is 12.0. The minimum Gasteiger partial charge on any atom is -0.462 e. The Morgan fingerprint density at radius 3 is 0.742 bits per heavy atom. The molecule has 0 fully saturated rings. The molecule has 0 rings (SSSR count). The van der Waals surface area contributed by atoms with Gasteiger partial charge in [-0.1, -0.05) is 298 Å². The SMILES string of the molecule is CCCCCCCCCCCCCCCCCCCC(=O)OC[C@H](COC(=O)CCCCCCCCCCCCCCC(C)C)OC(=O)CCCCCCCCCCCCCCCC(C)C. The second-order valence-corrected chi connectivity index (χ2v) is 21.6. The first kappa shape index (κ1) is 64.4. The lowest BCUT2D eigenvalue weighted by Gasteiger charge is -2.18. The molecule has 0 bridgehead atoms. The Labute approximate surface area is 412 Å². The lowest BCUT2D eigenvalue weighted by atomic mass is 10.0. The fourth-order valence-corrected chi connectivity index (χ4v) is 9.23. The van der Waals surface area contributed by atoms with Crippen LogP contribution in [0.15, 0.2) is 0 Å². The minimum absolute atomic E-state index is 0.0624. The van der Waals surface area contributed by atoms with Crippen molar-refractivity contribution in [3.8, 4) is 0 Å². The van der Waals surface area contributed by atoms with Crippen LogP contribution in [0, 0.1) is 11.8 Å². The highest BCUT2D eigenvalue weighted by Gasteiger charge is 2.19. The van der Waals surface area contributed by atoms with Crippen LogP contribution in [-0.4, -0.2) is 37.2 Å². The highest BCUT2D eigenvalue weighted by atomic mass is 16.6. The van der Waals surface area contributed by atoms with Crippen LogP contribution in [0.1, 0.15) is 336 Å². The van der Waals surface area contributed by atoms with Gasteiger partial charge in [0.1, 0.15) is 13.2 Å². The van der Waals surface area contributed by atoms with E-state index in [9.17, 15) is 14.4 Å².